The third-order valence-electron chi connectivity index (χ3n) is 8.18. The molecule has 2 aliphatic rings. The van der Waals surface area contributed by atoms with Gasteiger partial charge >= 0.3 is 51.4 Å². The van der Waals surface area contributed by atoms with E-state index in [9.17, 15) is 28.8 Å². The van der Waals surface area contributed by atoms with E-state index in [4.69, 9.17) is 23.2 Å². The number of carbonyl (C=O) groups excluding carboxylic acids is 6. The number of nitrogens with zero attached hydrogens (tertiary/aromatic N) is 4. The number of carbonyl (C=O) groups is 6. The summed E-state index contributed by atoms with van der Waals surface area (Å²) in [5, 5.41) is 6.60. The maximum absolute atomic E-state index is 12.4. The van der Waals surface area contributed by atoms with Gasteiger partial charge in [0.1, 0.15) is 5.78 Å². The number of amides is 4. The van der Waals surface area contributed by atoms with E-state index in [1.165, 1.54) is 0 Å². The zero-order chi connectivity index (χ0) is 37.6. The van der Waals surface area contributed by atoms with Crippen molar-refractivity contribution < 1.29 is 80.2 Å². The first kappa shape index (κ1) is 41.2. The van der Waals surface area contributed by atoms with Crippen molar-refractivity contribution in [2.24, 2.45) is 0 Å². The van der Waals surface area contributed by atoms with Gasteiger partial charge in [-0.1, -0.05) is 87.7 Å². The molecule has 6 aromatic rings. The second-order valence-corrected chi connectivity index (χ2v) is 13.4. The largest absolute Gasteiger partial charge is 1.00 e. The summed E-state index contributed by atoms with van der Waals surface area (Å²) in [6.07, 6.45) is 3.74. The van der Waals surface area contributed by atoms with Crippen LogP contribution in [0.5, 0.6) is 0 Å². The Morgan fingerprint density at radius 2 is 1.04 bits per heavy atom. The molecule has 10 nitrogen and oxygen atoms in total. The van der Waals surface area contributed by atoms with Gasteiger partial charge in [-0.15, -0.1) is 0 Å². The SMILES string of the molecule is O=C(CBr)Cc1ccc2ncc(Cl)cc2c1.O=C(Cc1ccc2ncc(Cl)cc2c1)CN1C(=O)c2ccccc2C1=O.O=C1[N-]C(=O)c2ccccc21.[K+]. The Kier molecular flexibility index (Phi) is 14.2. The molecule has 0 fully saturated rings. The number of ketones is 2. The number of fused-ring (bicyclic) bond motifs is 4. The number of imide groups is 2. The van der Waals surface area contributed by atoms with Gasteiger partial charge in [-0.05, 0) is 59.7 Å². The summed E-state index contributed by atoms with van der Waals surface area (Å²) >= 11 is 15.0. The van der Waals surface area contributed by atoms with Gasteiger partial charge in [0.25, 0.3) is 11.8 Å². The second kappa shape index (κ2) is 18.6. The number of halogens is 3. The van der Waals surface area contributed by atoms with Crippen molar-refractivity contribution in [3.8, 4) is 0 Å². The molecule has 4 heterocycles. The molecular formula is C40H26BrCl2KN4O6. The zero-order valence-corrected chi connectivity index (χ0v) is 34.8. The predicted octanol–water partition coefficient (Wildman–Crippen LogP) is 5.05. The molecule has 0 aliphatic carbocycles. The summed E-state index contributed by atoms with van der Waals surface area (Å²) in [5.74, 6) is -1.75. The Morgan fingerprint density at radius 1 is 0.611 bits per heavy atom. The predicted molar refractivity (Wildman–Crippen MR) is 205 cm³/mol. The molecule has 4 aromatic carbocycles. The van der Waals surface area contributed by atoms with Gasteiger partial charge in [0, 0.05) is 47.1 Å². The number of hydrogen-bond acceptors (Lipinski definition) is 8. The molecule has 0 unspecified atom stereocenters. The van der Waals surface area contributed by atoms with Crippen molar-refractivity contribution in [2.75, 3.05) is 11.9 Å². The molecule has 264 valence electrons. The minimum atomic E-state index is -0.425. The summed E-state index contributed by atoms with van der Waals surface area (Å²) in [6, 6.07) is 28.1. The fourth-order valence-corrected chi connectivity index (χ4v) is 6.25. The molecule has 0 N–H and O–H groups in total. The molecule has 8 rings (SSSR count). The molecule has 4 amide bonds. The Balaban J connectivity index is 0.000000170. The molecule has 0 radical (unpaired) electrons. The quantitative estimate of drug-likeness (QED) is 0.123. The van der Waals surface area contributed by atoms with Gasteiger partial charge < -0.3 is 14.9 Å². The summed E-state index contributed by atoms with van der Waals surface area (Å²) in [6.45, 7) is -0.238. The molecule has 2 aromatic heterocycles. The van der Waals surface area contributed by atoms with E-state index in [1.54, 1.807) is 67.0 Å². The first-order valence-corrected chi connectivity index (χ1v) is 17.9. The van der Waals surface area contributed by atoms with E-state index in [0.717, 1.165) is 37.8 Å². The Labute approximate surface area is 370 Å². The van der Waals surface area contributed by atoms with Gasteiger partial charge in [-0.3, -0.25) is 34.0 Å². The fourth-order valence-electron chi connectivity index (χ4n) is 5.71. The van der Waals surface area contributed by atoms with Crippen molar-refractivity contribution in [3.05, 3.63) is 158 Å². The third kappa shape index (κ3) is 9.81. The Morgan fingerprint density at radius 3 is 1.48 bits per heavy atom. The Bertz CT molecular complexity index is 2410. The monoisotopic (exact) mass is 846 g/mol. The van der Waals surface area contributed by atoms with E-state index in [-0.39, 0.29) is 75.9 Å². The second-order valence-electron chi connectivity index (χ2n) is 11.9. The van der Waals surface area contributed by atoms with Crippen LogP contribution in [0.1, 0.15) is 52.6 Å². The molecule has 54 heavy (non-hydrogen) atoms. The van der Waals surface area contributed by atoms with Crippen LogP contribution in [0, 0.1) is 0 Å². The van der Waals surface area contributed by atoms with Crippen molar-refractivity contribution in [1.29, 1.82) is 0 Å². The number of alkyl halides is 1. The van der Waals surface area contributed by atoms with E-state index >= 15 is 0 Å². The molecule has 14 heteroatoms. The number of hydrogen-bond donors (Lipinski definition) is 0. The maximum Gasteiger partial charge on any atom is 1.00 e. The molecule has 0 saturated carbocycles. The minimum Gasteiger partial charge on any atom is -0.587 e. The average molecular weight is 849 g/mol. The van der Waals surface area contributed by atoms with E-state index < -0.39 is 23.6 Å². The van der Waals surface area contributed by atoms with Gasteiger partial charge in [-0.2, -0.15) is 0 Å². The van der Waals surface area contributed by atoms with Gasteiger partial charge in [0.15, 0.2) is 5.78 Å². The number of benzene rings is 4. The first-order chi connectivity index (χ1) is 25.5. The standard InChI is InChI=1S/C20H13ClN2O3.C12H9BrClNO.C8H5NO2.K/c21-14-9-13-7-12(5-6-18(13)22-10-14)8-15(24)11-23-19(25)16-3-1-2-4-17(16)20(23)26;13-6-11(16)4-8-1-2-12-9(3-8)5-10(14)7-15-12;10-7-5-3-1-2-4-6(5)8(11)9-7;/h1-7,9-10H,8,11H2;1-3,5,7H,4,6H2;1-4H,(H,9,10,11);/q;;;+1/p-1. The van der Waals surface area contributed by atoms with E-state index in [1.807, 2.05) is 42.5 Å². The smallest absolute Gasteiger partial charge is 0.587 e. The number of aromatic nitrogens is 2. The van der Waals surface area contributed by atoms with Crippen molar-refractivity contribution >= 4 is 96.1 Å². The van der Waals surface area contributed by atoms with Crippen LogP contribution < -0.4 is 51.4 Å². The van der Waals surface area contributed by atoms with Crippen molar-refractivity contribution in [2.45, 2.75) is 12.8 Å². The molecule has 2 aliphatic heterocycles. The van der Waals surface area contributed by atoms with Crippen LogP contribution >= 0.6 is 39.1 Å². The average Bonchev–Trinajstić information content (AvgIpc) is 3.58. The van der Waals surface area contributed by atoms with Crippen LogP contribution in [0.2, 0.25) is 10.0 Å². The number of pyridine rings is 2. The first-order valence-electron chi connectivity index (χ1n) is 16.0. The van der Waals surface area contributed by atoms with E-state index in [2.05, 4.69) is 31.2 Å². The van der Waals surface area contributed by atoms with Crippen LogP contribution in [0.3, 0.4) is 0 Å². The minimum absolute atomic E-state index is 0. The van der Waals surface area contributed by atoms with Crippen molar-refractivity contribution in [1.82, 2.24) is 14.9 Å². The van der Waals surface area contributed by atoms with E-state index in [0.29, 0.717) is 44.0 Å². The van der Waals surface area contributed by atoms with Crippen LogP contribution in [0.4, 0.5) is 0 Å². The normalized spacial score (nSPS) is 12.5. The third-order valence-corrected chi connectivity index (χ3v) is 9.22. The number of rotatable bonds is 7. The van der Waals surface area contributed by atoms with Crippen LogP contribution in [-0.4, -0.2) is 61.9 Å². The molecule has 0 saturated heterocycles. The van der Waals surface area contributed by atoms with Gasteiger partial charge in [0.2, 0.25) is 0 Å². The fraction of sp³-hybridized carbons (Fsp3) is 0.100. The van der Waals surface area contributed by atoms with Crippen molar-refractivity contribution in [3.63, 3.8) is 0 Å². The summed E-state index contributed by atoms with van der Waals surface area (Å²) in [4.78, 5) is 79.6. The van der Waals surface area contributed by atoms with Crippen LogP contribution in [-0.2, 0) is 22.4 Å². The summed E-state index contributed by atoms with van der Waals surface area (Å²) in [7, 11) is 0. The van der Waals surface area contributed by atoms with Gasteiger partial charge in [-0.25, -0.2) is 0 Å². The number of Topliss-reactive ketones (excluding diaryl/α,β-unsaturated/α-hetero) is 2. The van der Waals surface area contributed by atoms with Crippen LogP contribution in [0.15, 0.2) is 109 Å². The molecular weight excluding hydrogens is 822 g/mol. The summed E-state index contributed by atoms with van der Waals surface area (Å²) in [5.41, 5.74) is 4.96. The topological polar surface area (TPSA) is 146 Å². The van der Waals surface area contributed by atoms with Gasteiger partial charge in [0.05, 0.1) is 55.9 Å². The zero-order valence-electron chi connectivity index (χ0n) is 28.6. The molecule has 0 bridgehead atoms. The summed E-state index contributed by atoms with van der Waals surface area (Å²) < 4.78 is 0. The maximum atomic E-state index is 12.4. The molecule has 0 atom stereocenters. The Hall–Kier alpha value is -3.98. The molecule has 0 spiro atoms. The van der Waals surface area contributed by atoms with Crippen LogP contribution in [0.25, 0.3) is 27.1 Å².